The number of anilines is 3. The molecule has 12 heteroatoms. The second-order valence-corrected chi connectivity index (χ2v) is 13.0. The van der Waals surface area contributed by atoms with Gasteiger partial charge in [0.15, 0.2) is 0 Å². The van der Waals surface area contributed by atoms with Crippen LogP contribution < -0.4 is 26.5 Å². The van der Waals surface area contributed by atoms with Crippen molar-refractivity contribution in [1.82, 2.24) is 29.7 Å². The molecule has 1 unspecified atom stereocenters. The van der Waals surface area contributed by atoms with E-state index in [2.05, 4.69) is 57.6 Å². The summed E-state index contributed by atoms with van der Waals surface area (Å²) in [5, 5.41) is 8.29. The Morgan fingerprint density at radius 1 is 1.02 bits per heavy atom. The molecule has 1 saturated heterocycles. The number of piperidine rings is 1. The highest BCUT2D eigenvalue weighted by Crippen LogP contribution is 2.33. The third-order valence-electron chi connectivity index (χ3n) is 9.12. The highest BCUT2D eigenvalue weighted by Gasteiger charge is 2.26. The van der Waals surface area contributed by atoms with Gasteiger partial charge in [0.1, 0.15) is 11.7 Å². The molecule has 1 atom stereocenters. The number of hydrogen-bond acceptors (Lipinski definition) is 8. The lowest BCUT2D eigenvalue weighted by atomic mass is 10.00. The van der Waals surface area contributed by atoms with E-state index in [9.17, 15) is 19.2 Å². The fourth-order valence-electron chi connectivity index (χ4n) is 6.23. The minimum atomic E-state index is -0.483. The van der Waals surface area contributed by atoms with Gasteiger partial charge in [-0.1, -0.05) is 31.8 Å². The van der Waals surface area contributed by atoms with Crippen LogP contribution in [-0.4, -0.2) is 56.5 Å². The number of hydrogen-bond donors (Lipinski definition) is 3. The predicted molar refractivity (Wildman–Crippen MR) is 198 cm³/mol. The van der Waals surface area contributed by atoms with Crippen LogP contribution in [0.1, 0.15) is 59.8 Å². The van der Waals surface area contributed by atoms with Gasteiger partial charge in [-0.25, -0.2) is 4.79 Å². The Hall–Kier alpha value is -6.22. The molecular weight excluding hydrogens is 644 g/mol. The van der Waals surface area contributed by atoms with E-state index in [-0.39, 0.29) is 35.9 Å². The van der Waals surface area contributed by atoms with Crippen molar-refractivity contribution in [1.29, 1.82) is 0 Å². The van der Waals surface area contributed by atoms with Gasteiger partial charge in [-0.05, 0) is 78.9 Å². The van der Waals surface area contributed by atoms with Crippen molar-refractivity contribution >= 4 is 45.8 Å². The van der Waals surface area contributed by atoms with Crippen molar-refractivity contribution < 1.29 is 14.4 Å². The average molecular weight is 685 g/mol. The summed E-state index contributed by atoms with van der Waals surface area (Å²) < 4.78 is 3.39. The van der Waals surface area contributed by atoms with Gasteiger partial charge in [0, 0.05) is 56.3 Å². The fourth-order valence-corrected chi connectivity index (χ4v) is 6.23. The first-order chi connectivity index (χ1) is 24.4. The molecule has 51 heavy (non-hydrogen) atoms. The molecule has 5 aromatic rings. The Kier molecular flexibility index (Phi) is 9.73. The van der Waals surface area contributed by atoms with Gasteiger partial charge in [0.25, 0.3) is 5.91 Å². The highest BCUT2D eigenvalue weighted by atomic mass is 16.2. The number of carbonyl (C=O) groups excluding carboxylic acids is 3. The van der Waals surface area contributed by atoms with Crippen LogP contribution in [0.25, 0.3) is 22.3 Å². The third-order valence-corrected chi connectivity index (χ3v) is 9.12. The van der Waals surface area contributed by atoms with Crippen LogP contribution in [0.15, 0.2) is 71.8 Å². The largest absolute Gasteiger partial charge is 0.374 e. The van der Waals surface area contributed by atoms with E-state index in [1.165, 1.54) is 0 Å². The fraction of sp³-hybridized carbons (Fsp3) is 0.282. The van der Waals surface area contributed by atoms with Gasteiger partial charge in [0.05, 0.1) is 35.2 Å². The van der Waals surface area contributed by atoms with Crippen LogP contribution in [0.3, 0.4) is 0 Å². The quantitative estimate of drug-likeness (QED) is 0.160. The Bertz CT molecular complexity index is 2290. The lowest BCUT2D eigenvalue weighted by Gasteiger charge is -2.22. The Labute approximate surface area is 295 Å². The normalized spacial score (nSPS) is 14.2. The number of aryl methyl sites for hydroxylation is 3. The Morgan fingerprint density at radius 2 is 1.82 bits per heavy atom. The van der Waals surface area contributed by atoms with Crippen LogP contribution in [0, 0.1) is 18.8 Å². The lowest BCUT2D eigenvalue weighted by molar-refractivity contribution is -0.133. The second-order valence-electron chi connectivity index (χ2n) is 13.0. The van der Waals surface area contributed by atoms with Gasteiger partial charge in [-0.2, -0.15) is 0 Å². The molecule has 0 saturated carbocycles. The molecule has 0 radical (unpaired) electrons. The van der Waals surface area contributed by atoms with Gasteiger partial charge >= 0.3 is 5.69 Å². The summed E-state index contributed by atoms with van der Waals surface area (Å²) in [7, 11) is 5.58. The van der Waals surface area contributed by atoms with Gasteiger partial charge in [-0.15, -0.1) is 0 Å². The smallest absolute Gasteiger partial charge is 0.328 e. The van der Waals surface area contributed by atoms with Crippen LogP contribution in [0.2, 0.25) is 0 Å². The number of nitrogens with zero attached hydrogens (tertiary/aromatic N) is 5. The number of imidazole rings is 1. The number of carbonyl (C=O) groups is 3. The summed E-state index contributed by atoms with van der Waals surface area (Å²) in [4.78, 5) is 60.3. The van der Waals surface area contributed by atoms with Crippen LogP contribution in [0.5, 0.6) is 0 Å². The van der Waals surface area contributed by atoms with E-state index in [0.29, 0.717) is 24.1 Å². The van der Waals surface area contributed by atoms with Crippen molar-refractivity contribution in [3.05, 3.63) is 99.9 Å². The SMILES string of the molecule is Cc1cc(-c2ccc(N(C)c3cc(C(C)C)c4c(c3)n(C)c(=O)n4C)cn2)cnc1C(=O)NCC#Cc1cccc(NC2CCC(=O)NC2=O)c1. The number of pyridine rings is 2. The van der Waals surface area contributed by atoms with Crippen LogP contribution in [0.4, 0.5) is 17.1 Å². The predicted octanol–water partition coefficient (Wildman–Crippen LogP) is 4.53. The van der Waals surface area contributed by atoms with Gasteiger partial charge in [-0.3, -0.25) is 38.8 Å². The monoisotopic (exact) mass is 684 g/mol. The zero-order valence-electron chi connectivity index (χ0n) is 29.5. The molecule has 0 bridgehead atoms. The van der Waals surface area contributed by atoms with Crippen molar-refractivity contribution in [2.24, 2.45) is 14.1 Å². The molecule has 0 aliphatic carbocycles. The zero-order chi connectivity index (χ0) is 36.4. The van der Waals surface area contributed by atoms with Crippen molar-refractivity contribution in [3.63, 3.8) is 0 Å². The standard InChI is InChI=1S/C39H40N8O4/c1-23(2)30-19-29(20-33-36(30)47(6)39(51)46(33)5)45(4)28-12-13-31(41-22-28)26-17-24(3)35(42-21-26)38(50)40-16-8-10-25-9-7-11-27(18-25)43-32-14-15-34(48)44-37(32)49/h7,9,11-13,17-23,32,43H,14-16H2,1-6H3,(H,40,50)(H,44,48,49). The van der Waals surface area contributed by atoms with E-state index in [1.807, 2.05) is 69.6 Å². The second kappa shape index (κ2) is 14.3. The van der Waals surface area contributed by atoms with E-state index in [1.54, 1.807) is 28.6 Å². The Balaban J connectivity index is 1.09. The molecule has 1 aliphatic rings. The summed E-state index contributed by atoms with van der Waals surface area (Å²) in [5.41, 5.74) is 8.65. The topological polar surface area (TPSA) is 143 Å². The zero-order valence-corrected chi connectivity index (χ0v) is 29.5. The number of fused-ring (bicyclic) bond motifs is 1. The van der Waals surface area contributed by atoms with Gasteiger partial charge < -0.3 is 15.5 Å². The van der Waals surface area contributed by atoms with E-state index < -0.39 is 6.04 Å². The molecule has 3 N–H and O–H groups in total. The molecule has 3 aromatic heterocycles. The molecule has 4 heterocycles. The Morgan fingerprint density at radius 3 is 2.53 bits per heavy atom. The average Bonchev–Trinajstić information content (AvgIpc) is 3.34. The van der Waals surface area contributed by atoms with E-state index in [4.69, 9.17) is 4.98 Å². The molecular formula is C39H40N8O4. The molecule has 1 fully saturated rings. The molecule has 0 spiro atoms. The van der Waals surface area contributed by atoms with Crippen molar-refractivity contribution in [3.8, 4) is 23.1 Å². The number of nitrogens with one attached hydrogen (secondary N) is 3. The molecule has 3 amide bonds. The number of benzene rings is 2. The van der Waals surface area contributed by atoms with Crippen LogP contribution in [-0.2, 0) is 23.7 Å². The third kappa shape index (κ3) is 7.23. The molecule has 12 nitrogen and oxygen atoms in total. The minimum Gasteiger partial charge on any atom is -0.374 e. The number of aromatic nitrogens is 4. The summed E-state index contributed by atoms with van der Waals surface area (Å²) in [6, 6.07) is 16.8. The van der Waals surface area contributed by atoms with Crippen LogP contribution >= 0.6 is 0 Å². The maximum atomic E-state index is 12.9. The lowest BCUT2D eigenvalue weighted by Crippen LogP contribution is -2.47. The maximum Gasteiger partial charge on any atom is 0.328 e. The highest BCUT2D eigenvalue weighted by molar-refractivity contribution is 6.01. The summed E-state index contributed by atoms with van der Waals surface area (Å²) in [6.07, 6.45) is 4.16. The number of rotatable bonds is 8. The molecule has 6 rings (SSSR count). The summed E-state index contributed by atoms with van der Waals surface area (Å²) >= 11 is 0. The summed E-state index contributed by atoms with van der Waals surface area (Å²) in [5.74, 6) is 5.28. The van der Waals surface area contributed by atoms with E-state index in [0.717, 1.165) is 50.5 Å². The number of imide groups is 1. The maximum absolute atomic E-state index is 12.9. The first-order valence-electron chi connectivity index (χ1n) is 16.7. The summed E-state index contributed by atoms with van der Waals surface area (Å²) in [6.45, 7) is 6.20. The first-order valence-corrected chi connectivity index (χ1v) is 16.7. The van der Waals surface area contributed by atoms with Crippen molar-refractivity contribution in [2.75, 3.05) is 23.8 Å². The van der Waals surface area contributed by atoms with Crippen molar-refractivity contribution in [2.45, 2.75) is 45.6 Å². The molecule has 1 aliphatic heterocycles. The molecule has 2 aromatic carbocycles. The number of amides is 3. The van der Waals surface area contributed by atoms with Gasteiger partial charge in [0.2, 0.25) is 11.8 Å². The first kappa shape index (κ1) is 34.6. The molecule has 260 valence electrons. The van der Waals surface area contributed by atoms with E-state index >= 15 is 0 Å². The minimum absolute atomic E-state index is 0.0557.